The number of amides is 1. The number of benzene rings is 1. The molecule has 4 rings (SSSR count). The first-order valence-corrected chi connectivity index (χ1v) is 10.2. The average Bonchev–Trinajstić information content (AvgIpc) is 3.11. The molecule has 0 aliphatic carbocycles. The lowest BCUT2D eigenvalue weighted by Gasteiger charge is -2.26. The zero-order valence-electron chi connectivity index (χ0n) is 17.5. The summed E-state index contributed by atoms with van der Waals surface area (Å²) in [5.74, 6) is 1.64. The Hall–Kier alpha value is -3.24. The van der Waals surface area contributed by atoms with E-state index in [0.29, 0.717) is 53.3 Å². The lowest BCUT2D eigenvalue weighted by molar-refractivity contribution is 0.101. The Morgan fingerprint density at radius 3 is 2.68 bits per heavy atom. The molecule has 1 saturated heterocycles. The van der Waals surface area contributed by atoms with Crippen LogP contribution in [0.15, 0.2) is 24.4 Å². The van der Waals surface area contributed by atoms with Gasteiger partial charge in [0.2, 0.25) is 17.8 Å². The van der Waals surface area contributed by atoms with Crippen molar-refractivity contribution >= 4 is 41.0 Å². The van der Waals surface area contributed by atoms with Crippen LogP contribution in [0.4, 0.5) is 23.5 Å². The van der Waals surface area contributed by atoms with Gasteiger partial charge in [-0.2, -0.15) is 15.0 Å². The van der Waals surface area contributed by atoms with Crippen LogP contribution < -0.4 is 15.5 Å². The number of para-hydroxylation sites is 1. The SMILES string of the molecule is Cc1nc(Nc2ncc(C(=O)Nc3c(C)cccc3Cl)n2C)nc(N2CCOCC2)n1. The molecule has 31 heavy (non-hydrogen) atoms. The highest BCUT2D eigenvalue weighted by atomic mass is 35.5. The number of carbonyl (C=O) groups excluding carboxylic acids is 1. The smallest absolute Gasteiger partial charge is 0.274 e. The quantitative estimate of drug-likeness (QED) is 0.620. The van der Waals surface area contributed by atoms with Crippen molar-refractivity contribution in [2.75, 3.05) is 41.8 Å². The van der Waals surface area contributed by atoms with E-state index in [1.54, 1.807) is 24.6 Å². The van der Waals surface area contributed by atoms with E-state index in [1.807, 2.05) is 24.0 Å². The van der Waals surface area contributed by atoms with Crippen molar-refractivity contribution in [3.05, 3.63) is 46.5 Å². The number of carbonyl (C=O) groups is 1. The van der Waals surface area contributed by atoms with Gasteiger partial charge in [-0.1, -0.05) is 23.7 Å². The summed E-state index contributed by atoms with van der Waals surface area (Å²) in [6, 6.07) is 5.45. The molecule has 11 heteroatoms. The molecule has 0 spiro atoms. The van der Waals surface area contributed by atoms with Gasteiger partial charge in [-0.3, -0.25) is 10.1 Å². The van der Waals surface area contributed by atoms with Crippen molar-refractivity contribution in [3.8, 4) is 0 Å². The maximum absolute atomic E-state index is 12.8. The number of nitrogens with one attached hydrogen (secondary N) is 2. The summed E-state index contributed by atoms with van der Waals surface area (Å²) < 4.78 is 7.02. The van der Waals surface area contributed by atoms with Gasteiger partial charge in [0.15, 0.2) is 0 Å². The molecule has 0 saturated carbocycles. The number of morpholine rings is 1. The van der Waals surface area contributed by atoms with Crippen LogP contribution in [0.25, 0.3) is 0 Å². The van der Waals surface area contributed by atoms with Crippen LogP contribution in [0.1, 0.15) is 21.9 Å². The molecule has 162 valence electrons. The Labute approximate surface area is 184 Å². The summed E-state index contributed by atoms with van der Waals surface area (Å²) in [4.78, 5) is 32.4. The third-order valence-corrected chi connectivity index (χ3v) is 5.25. The van der Waals surface area contributed by atoms with Crippen LogP contribution >= 0.6 is 11.6 Å². The number of aryl methyl sites for hydroxylation is 2. The van der Waals surface area contributed by atoms with Gasteiger partial charge < -0.3 is 19.5 Å². The van der Waals surface area contributed by atoms with Crippen LogP contribution in [-0.4, -0.2) is 56.7 Å². The largest absolute Gasteiger partial charge is 0.378 e. The van der Waals surface area contributed by atoms with Crippen LogP contribution in [0, 0.1) is 13.8 Å². The van der Waals surface area contributed by atoms with Crippen molar-refractivity contribution in [1.82, 2.24) is 24.5 Å². The highest BCUT2D eigenvalue weighted by molar-refractivity contribution is 6.34. The predicted molar refractivity (Wildman–Crippen MR) is 118 cm³/mol. The molecule has 3 aromatic rings. The highest BCUT2D eigenvalue weighted by Gasteiger charge is 2.19. The number of ether oxygens (including phenoxy) is 1. The minimum Gasteiger partial charge on any atom is -0.378 e. The summed E-state index contributed by atoms with van der Waals surface area (Å²) in [5.41, 5.74) is 1.81. The first-order chi connectivity index (χ1) is 14.9. The lowest BCUT2D eigenvalue weighted by atomic mass is 10.2. The molecule has 0 atom stereocenters. The summed E-state index contributed by atoms with van der Waals surface area (Å²) in [7, 11) is 1.74. The predicted octanol–water partition coefficient (Wildman–Crippen LogP) is 2.71. The lowest BCUT2D eigenvalue weighted by Crippen LogP contribution is -2.37. The monoisotopic (exact) mass is 442 g/mol. The van der Waals surface area contributed by atoms with E-state index >= 15 is 0 Å². The molecule has 1 aliphatic heterocycles. The van der Waals surface area contributed by atoms with Crippen LogP contribution in [0.3, 0.4) is 0 Å². The van der Waals surface area contributed by atoms with Gasteiger partial charge in [-0.25, -0.2) is 4.98 Å². The minimum atomic E-state index is -0.319. The number of hydrogen-bond donors (Lipinski definition) is 2. The number of aromatic nitrogens is 5. The Bertz CT molecular complexity index is 1090. The summed E-state index contributed by atoms with van der Waals surface area (Å²) in [5, 5.41) is 6.41. The van der Waals surface area contributed by atoms with Gasteiger partial charge in [0, 0.05) is 20.1 Å². The maximum Gasteiger partial charge on any atom is 0.274 e. The first kappa shape index (κ1) is 21.0. The second kappa shape index (κ2) is 8.86. The van der Waals surface area contributed by atoms with Crippen molar-refractivity contribution in [3.63, 3.8) is 0 Å². The van der Waals surface area contributed by atoms with E-state index in [1.165, 1.54) is 6.20 Å². The van der Waals surface area contributed by atoms with Gasteiger partial charge in [0.05, 0.1) is 30.1 Å². The number of rotatable bonds is 5. The molecule has 3 heterocycles. The first-order valence-electron chi connectivity index (χ1n) is 9.83. The molecule has 1 fully saturated rings. The third kappa shape index (κ3) is 4.59. The number of halogens is 1. The number of anilines is 4. The average molecular weight is 443 g/mol. The van der Waals surface area contributed by atoms with E-state index in [0.717, 1.165) is 18.7 Å². The van der Waals surface area contributed by atoms with Gasteiger partial charge in [-0.15, -0.1) is 0 Å². The Morgan fingerprint density at radius 1 is 1.16 bits per heavy atom. The standard InChI is InChI=1S/C20H23ClN8O2/c1-12-5-4-6-14(21)16(12)25-17(30)15-11-22-19(28(15)3)26-18-23-13(2)24-20(27-18)29-7-9-31-10-8-29/h4-6,11H,7-10H2,1-3H3,(H,25,30)(H,22,23,24,26,27). The molecule has 0 unspecified atom stereocenters. The van der Waals surface area contributed by atoms with Crippen molar-refractivity contribution in [2.24, 2.45) is 7.05 Å². The fourth-order valence-electron chi connectivity index (χ4n) is 3.23. The van der Waals surface area contributed by atoms with E-state index in [-0.39, 0.29) is 5.91 Å². The van der Waals surface area contributed by atoms with Gasteiger partial charge in [0.25, 0.3) is 5.91 Å². The van der Waals surface area contributed by atoms with Gasteiger partial charge in [-0.05, 0) is 25.5 Å². The van der Waals surface area contributed by atoms with E-state index in [2.05, 4.69) is 30.6 Å². The summed E-state index contributed by atoms with van der Waals surface area (Å²) >= 11 is 6.22. The van der Waals surface area contributed by atoms with Gasteiger partial charge >= 0.3 is 0 Å². The molecule has 2 aromatic heterocycles. The Morgan fingerprint density at radius 2 is 1.94 bits per heavy atom. The van der Waals surface area contributed by atoms with E-state index in [9.17, 15) is 4.79 Å². The molecule has 2 N–H and O–H groups in total. The fraction of sp³-hybridized carbons (Fsp3) is 0.350. The second-order valence-corrected chi connectivity index (χ2v) is 7.55. The van der Waals surface area contributed by atoms with E-state index in [4.69, 9.17) is 16.3 Å². The molecule has 10 nitrogen and oxygen atoms in total. The summed E-state index contributed by atoms with van der Waals surface area (Å²) in [6.45, 7) is 6.40. The normalized spacial score (nSPS) is 13.9. The minimum absolute atomic E-state index is 0.319. The molecule has 0 radical (unpaired) electrons. The molecular formula is C20H23ClN8O2. The Balaban J connectivity index is 1.53. The number of imidazole rings is 1. The number of hydrogen-bond acceptors (Lipinski definition) is 8. The fourth-order valence-corrected chi connectivity index (χ4v) is 3.50. The number of nitrogens with zero attached hydrogens (tertiary/aromatic N) is 6. The van der Waals surface area contributed by atoms with Crippen LogP contribution in [-0.2, 0) is 11.8 Å². The van der Waals surface area contributed by atoms with Crippen LogP contribution in [0.5, 0.6) is 0 Å². The zero-order valence-corrected chi connectivity index (χ0v) is 18.3. The van der Waals surface area contributed by atoms with Crippen LogP contribution in [0.2, 0.25) is 5.02 Å². The molecule has 0 bridgehead atoms. The third-order valence-electron chi connectivity index (χ3n) is 4.93. The van der Waals surface area contributed by atoms with Crippen molar-refractivity contribution in [1.29, 1.82) is 0 Å². The van der Waals surface area contributed by atoms with E-state index < -0.39 is 0 Å². The topological polar surface area (TPSA) is 110 Å². The zero-order chi connectivity index (χ0) is 22.0. The maximum atomic E-state index is 12.8. The van der Waals surface area contributed by atoms with Gasteiger partial charge in [0.1, 0.15) is 11.5 Å². The second-order valence-electron chi connectivity index (χ2n) is 7.14. The highest BCUT2D eigenvalue weighted by Crippen LogP contribution is 2.26. The molecule has 1 aromatic carbocycles. The molecular weight excluding hydrogens is 420 g/mol. The van der Waals surface area contributed by atoms with Crippen molar-refractivity contribution < 1.29 is 9.53 Å². The molecule has 1 amide bonds. The molecule has 1 aliphatic rings. The summed E-state index contributed by atoms with van der Waals surface area (Å²) in [6.07, 6.45) is 1.49. The van der Waals surface area contributed by atoms with Crippen molar-refractivity contribution in [2.45, 2.75) is 13.8 Å². The Kier molecular flexibility index (Phi) is 6.01.